The zero-order valence-electron chi connectivity index (χ0n) is 11.9. The third kappa shape index (κ3) is 4.57. The molecule has 0 aliphatic carbocycles. The fraction of sp³-hybridized carbons (Fsp3) is 0.294. The highest BCUT2D eigenvalue weighted by atomic mass is 19.1. The Labute approximate surface area is 119 Å². The molecule has 0 saturated heterocycles. The number of anilines is 1. The summed E-state index contributed by atoms with van der Waals surface area (Å²) in [6.45, 7) is 5.59. The summed E-state index contributed by atoms with van der Waals surface area (Å²) in [7, 11) is 0. The zero-order chi connectivity index (χ0) is 14.4. The Bertz CT molecular complexity index is 554. The topological polar surface area (TPSA) is 21.3 Å². The van der Waals surface area contributed by atoms with Crippen molar-refractivity contribution in [2.75, 3.05) is 11.9 Å². The van der Waals surface area contributed by atoms with Crippen LogP contribution >= 0.6 is 0 Å². The van der Waals surface area contributed by atoms with Gasteiger partial charge in [0, 0.05) is 12.2 Å². The van der Waals surface area contributed by atoms with Gasteiger partial charge < -0.3 is 10.1 Å². The smallest absolute Gasteiger partial charge is 0.125 e. The highest BCUT2D eigenvalue weighted by molar-refractivity contribution is 5.44. The first-order chi connectivity index (χ1) is 9.63. The molecule has 0 atom stereocenters. The normalized spacial score (nSPS) is 10.6. The minimum Gasteiger partial charge on any atom is -0.493 e. The van der Waals surface area contributed by atoms with Crippen LogP contribution in [-0.4, -0.2) is 6.61 Å². The maximum atomic E-state index is 13.1. The highest BCUT2D eigenvalue weighted by Gasteiger charge is 2.00. The number of rotatable bonds is 6. The molecule has 0 aromatic heterocycles. The van der Waals surface area contributed by atoms with Crippen LogP contribution in [0.2, 0.25) is 0 Å². The van der Waals surface area contributed by atoms with Crippen LogP contribution < -0.4 is 10.1 Å². The van der Waals surface area contributed by atoms with Gasteiger partial charge in [0.25, 0.3) is 0 Å². The first kappa shape index (κ1) is 14.4. The van der Waals surface area contributed by atoms with E-state index < -0.39 is 0 Å². The molecule has 0 amide bonds. The second-order valence-corrected chi connectivity index (χ2v) is 5.22. The lowest BCUT2D eigenvalue weighted by molar-refractivity contribution is 0.271. The van der Waals surface area contributed by atoms with Gasteiger partial charge in [-0.1, -0.05) is 32.0 Å². The van der Waals surface area contributed by atoms with Crippen molar-refractivity contribution in [3.8, 4) is 5.75 Å². The van der Waals surface area contributed by atoms with Crippen molar-refractivity contribution in [1.29, 1.82) is 0 Å². The molecule has 2 aromatic carbocycles. The van der Waals surface area contributed by atoms with Crippen LogP contribution in [0, 0.1) is 11.7 Å². The van der Waals surface area contributed by atoms with E-state index in [9.17, 15) is 4.39 Å². The number of nitrogens with one attached hydrogen (secondary N) is 1. The van der Waals surface area contributed by atoms with E-state index in [0.29, 0.717) is 19.1 Å². The van der Waals surface area contributed by atoms with Crippen molar-refractivity contribution in [3.63, 3.8) is 0 Å². The van der Waals surface area contributed by atoms with Gasteiger partial charge in [0.15, 0.2) is 0 Å². The van der Waals surface area contributed by atoms with E-state index in [2.05, 4.69) is 19.2 Å². The van der Waals surface area contributed by atoms with Crippen LogP contribution in [0.1, 0.15) is 19.4 Å². The van der Waals surface area contributed by atoms with E-state index in [0.717, 1.165) is 17.0 Å². The summed E-state index contributed by atoms with van der Waals surface area (Å²) in [4.78, 5) is 0. The van der Waals surface area contributed by atoms with E-state index in [-0.39, 0.29) is 5.82 Å². The lowest BCUT2D eigenvalue weighted by Crippen LogP contribution is -2.05. The molecule has 1 N–H and O–H groups in total. The van der Waals surface area contributed by atoms with E-state index in [1.807, 2.05) is 30.3 Å². The molecule has 3 heteroatoms. The number of halogens is 1. The molecule has 106 valence electrons. The number of hydrogen-bond acceptors (Lipinski definition) is 2. The average molecular weight is 273 g/mol. The quantitative estimate of drug-likeness (QED) is 0.838. The van der Waals surface area contributed by atoms with Crippen molar-refractivity contribution < 1.29 is 9.13 Å². The fourth-order valence-electron chi connectivity index (χ4n) is 1.81. The molecule has 0 aliphatic heterocycles. The van der Waals surface area contributed by atoms with Crippen molar-refractivity contribution in [1.82, 2.24) is 0 Å². The SMILES string of the molecule is CC(C)COc1cccc(CNc2cccc(F)c2)c1. The van der Waals surface area contributed by atoms with Crippen molar-refractivity contribution in [2.45, 2.75) is 20.4 Å². The van der Waals surface area contributed by atoms with Gasteiger partial charge in [-0.25, -0.2) is 4.39 Å². The predicted molar refractivity (Wildman–Crippen MR) is 80.5 cm³/mol. The molecule has 2 rings (SSSR count). The van der Waals surface area contributed by atoms with Gasteiger partial charge in [-0.2, -0.15) is 0 Å². The van der Waals surface area contributed by atoms with Gasteiger partial charge in [0.2, 0.25) is 0 Å². The molecule has 0 saturated carbocycles. The number of ether oxygens (including phenoxy) is 1. The highest BCUT2D eigenvalue weighted by Crippen LogP contribution is 2.16. The number of hydrogen-bond donors (Lipinski definition) is 1. The summed E-state index contributed by atoms with van der Waals surface area (Å²) in [6.07, 6.45) is 0. The summed E-state index contributed by atoms with van der Waals surface area (Å²) in [5.41, 5.74) is 1.88. The molecular formula is C17H20FNO. The second kappa shape index (κ2) is 6.94. The Morgan fingerprint density at radius 2 is 1.90 bits per heavy atom. The van der Waals surface area contributed by atoms with E-state index in [4.69, 9.17) is 4.74 Å². The molecular weight excluding hydrogens is 253 g/mol. The molecule has 0 spiro atoms. The molecule has 2 nitrogen and oxygen atoms in total. The van der Waals surface area contributed by atoms with Crippen molar-refractivity contribution >= 4 is 5.69 Å². The van der Waals surface area contributed by atoms with Crippen LogP contribution in [-0.2, 0) is 6.54 Å². The third-order valence-corrected chi connectivity index (χ3v) is 2.80. The minimum atomic E-state index is -0.232. The Morgan fingerprint density at radius 3 is 2.65 bits per heavy atom. The Balaban J connectivity index is 1.94. The molecule has 0 unspecified atom stereocenters. The summed E-state index contributed by atoms with van der Waals surface area (Å²) in [5.74, 6) is 1.14. The third-order valence-electron chi connectivity index (χ3n) is 2.80. The molecule has 2 aromatic rings. The second-order valence-electron chi connectivity index (χ2n) is 5.22. The maximum absolute atomic E-state index is 13.1. The molecule has 0 radical (unpaired) electrons. The van der Waals surface area contributed by atoms with Crippen molar-refractivity contribution in [2.24, 2.45) is 5.92 Å². The molecule has 0 bridgehead atoms. The Kier molecular flexibility index (Phi) is 4.99. The van der Waals surface area contributed by atoms with Gasteiger partial charge in [-0.05, 0) is 41.8 Å². The molecule has 0 heterocycles. The van der Waals surface area contributed by atoms with Gasteiger partial charge in [-0.3, -0.25) is 0 Å². The van der Waals surface area contributed by atoms with Gasteiger partial charge in [-0.15, -0.1) is 0 Å². The van der Waals surface area contributed by atoms with Crippen LogP contribution in [0.25, 0.3) is 0 Å². The average Bonchev–Trinajstić information content (AvgIpc) is 2.43. The maximum Gasteiger partial charge on any atom is 0.125 e. The molecule has 0 aliphatic rings. The van der Waals surface area contributed by atoms with Crippen LogP contribution in [0.3, 0.4) is 0 Å². The predicted octanol–water partition coefficient (Wildman–Crippen LogP) is 4.47. The first-order valence-corrected chi connectivity index (χ1v) is 6.84. The molecule has 20 heavy (non-hydrogen) atoms. The Morgan fingerprint density at radius 1 is 1.10 bits per heavy atom. The zero-order valence-corrected chi connectivity index (χ0v) is 11.9. The van der Waals surface area contributed by atoms with E-state index in [1.54, 1.807) is 6.07 Å². The van der Waals surface area contributed by atoms with Gasteiger partial charge in [0.1, 0.15) is 11.6 Å². The van der Waals surface area contributed by atoms with Gasteiger partial charge in [0.05, 0.1) is 6.61 Å². The Hall–Kier alpha value is -2.03. The standard InChI is InChI=1S/C17H20FNO/c1-13(2)12-20-17-8-3-5-14(9-17)11-19-16-7-4-6-15(18)10-16/h3-10,13,19H,11-12H2,1-2H3. The minimum absolute atomic E-state index is 0.232. The van der Waals surface area contributed by atoms with Crippen LogP contribution in [0.4, 0.5) is 10.1 Å². The first-order valence-electron chi connectivity index (χ1n) is 6.84. The molecule has 0 fully saturated rings. The van der Waals surface area contributed by atoms with Gasteiger partial charge >= 0.3 is 0 Å². The summed E-state index contributed by atoms with van der Waals surface area (Å²) >= 11 is 0. The van der Waals surface area contributed by atoms with E-state index >= 15 is 0 Å². The largest absolute Gasteiger partial charge is 0.493 e. The lowest BCUT2D eigenvalue weighted by Gasteiger charge is -2.11. The summed E-state index contributed by atoms with van der Waals surface area (Å²) in [5, 5.41) is 3.20. The van der Waals surface area contributed by atoms with Crippen LogP contribution in [0.5, 0.6) is 5.75 Å². The monoisotopic (exact) mass is 273 g/mol. The van der Waals surface area contributed by atoms with Crippen LogP contribution in [0.15, 0.2) is 48.5 Å². The summed E-state index contributed by atoms with van der Waals surface area (Å²) < 4.78 is 18.8. The lowest BCUT2D eigenvalue weighted by atomic mass is 10.2. The van der Waals surface area contributed by atoms with Crippen molar-refractivity contribution in [3.05, 3.63) is 59.9 Å². The number of benzene rings is 2. The fourth-order valence-corrected chi connectivity index (χ4v) is 1.81. The summed E-state index contributed by atoms with van der Waals surface area (Å²) in [6, 6.07) is 14.4. The van der Waals surface area contributed by atoms with E-state index in [1.165, 1.54) is 12.1 Å².